The zero-order valence-corrected chi connectivity index (χ0v) is 15.8. The predicted octanol–water partition coefficient (Wildman–Crippen LogP) is 3.33. The Morgan fingerprint density at radius 1 is 1.00 bits per heavy atom. The average molecular weight is 376 g/mol. The molecule has 0 saturated carbocycles. The maximum Gasteiger partial charge on any atom is 0.284 e. The van der Waals surface area contributed by atoms with Crippen LogP contribution in [0.5, 0.6) is 0 Å². The van der Waals surface area contributed by atoms with Crippen LogP contribution in [-0.2, 0) is 4.79 Å². The second-order valence-electron chi connectivity index (χ2n) is 5.00. The molecule has 0 saturated heterocycles. The molecule has 6 nitrogen and oxygen atoms in total. The Morgan fingerprint density at radius 2 is 1.50 bits per heavy atom. The fraction of sp³-hybridized carbons (Fsp3) is 0.158. The number of hydroxylamine groups is 1. The molecule has 2 aromatic carbocycles. The van der Waals surface area contributed by atoms with Crippen molar-refractivity contribution in [2.45, 2.75) is 13.8 Å². The maximum atomic E-state index is 11.1. The van der Waals surface area contributed by atoms with Gasteiger partial charge in [0.1, 0.15) is 6.79 Å². The van der Waals surface area contributed by atoms with Crippen LogP contribution in [0, 0.1) is 13.8 Å². The number of hydrogen-bond donors (Lipinski definition) is 4. The molecule has 0 aliphatic rings. The van der Waals surface area contributed by atoms with Crippen molar-refractivity contribution in [1.29, 1.82) is 0 Å². The zero-order valence-electron chi connectivity index (χ0n) is 15.0. The molecular weight excluding hydrogens is 352 g/mol. The standard InChI is InChI=1S/C9H8N2O2S.C8H10.CH4O.CH2O/c10-6-1-2-7-5(3-6)4-8(14-7)9(12)11-13;1-7-3-5-8(2)6-4-7;2*1-2/h1-4,13H,10H2,(H,11,12);3-6H,1-2H3;2H,1H3;1H2. The third kappa shape index (κ3) is 7.43. The topological polar surface area (TPSA) is 113 Å². The minimum Gasteiger partial charge on any atom is -0.400 e. The molecule has 0 unspecified atom stereocenters. The summed E-state index contributed by atoms with van der Waals surface area (Å²) in [7, 11) is 1.00. The van der Waals surface area contributed by atoms with E-state index in [1.165, 1.54) is 22.5 Å². The Labute approximate surface area is 156 Å². The van der Waals surface area contributed by atoms with Gasteiger partial charge in [0, 0.05) is 17.5 Å². The number of nitrogens with two attached hydrogens (primary N) is 1. The summed E-state index contributed by atoms with van der Waals surface area (Å²) in [5.74, 6) is -0.496. The molecule has 1 amide bonds. The van der Waals surface area contributed by atoms with Gasteiger partial charge in [-0.25, -0.2) is 5.48 Å². The molecule has 0 spiro atoms. The van der Waals surface area contributed by atoms with Gasteiger partial charge in [0.2, 0.25) is 0 Å². The number of amides is 1. The summed E-state index contributed by atoms with van der Waals surface area (Å²) < 4.78 is 0.970. The Hall–Kier alpha value is -2.74. The molecule has 3 rings (SSSR count). The monoisotopic (exact) mass is 376 g/mol. The van der Waals surface area contributed by atoms with E-state index in [1.807, 2.05) is 12.9 Å². The number of aliphatic hydroxyl groups is 1. The molecule has 140 valence electrons. The number of carbonyl (C=O) groups excluding carboxylic acids is 2. The molecule has 3 aromatic rings. The summed E-state index contributed by atoms with van der Waals surface area (Å²) in [5, 5.41) is 16.4. The average Bonchev–Trinajstić information content (AvgIpc) is 3.10. The van der Waals surface area contributed by atoms with Crippen LogP contribution in [0.1, 0.15) is 20.8 Å². The highest BCUT2D eigenvalue weighted by Gasteiger charge is 2.08. The van der Waals surface area contributed by atoms with E-state index in [4.69, 9.17) is 20.8 Å². The number of aliphatic hydroxyl groups excluding tert-OH is 1. The summed E-state index contributed by atoms with van der Waals surface area (Å²) in [6.45, 7) is 6.19. The first-order chi connectivity index (χ1) is 12.5. The van der Waals surface area contributed by atoms with Gasteiger partial charge >= 0.3 is 0 Å². The van der Waals surface area contributed by atoms with Gasteiger partial charge in [-0.1, -0.05) is 35.4 Å². The third-order valence-corrected chi connectivity index (χ3v) is 4.20. The number of thiophene rings is 1. The Bertz CT molecular complexity index is 780. The first-order valence-corrected chi connectivity index (χ1v) is 8.31. The van der Waals surface area contributed by atoms with Crippen LogP contribution in [0.25, 0.3) is 10.1 Å². The van der Waals surface area contributed by atoms with Crippen LogP contribution in [-0.4, -0.2) is 30.1 Å². The van der Waals surface area contributed by atoms with Crippen molar-refractivity contribution in [2.75, 3.05) is 12.8 Å². The van der Waals surface area contributed by atoms with Crippen LogP contribution < -0.4 is 11.2 Å². The number of rotatable bonds is 1. The van der Waals surface area contributed by atoms with E-state index >= 15 is 0 Å². The summed E-state index contributed by atoms with van der Waals surface area (Å²) in [6.07, 6.45) is 0. The molecule has 0 atom stereocenters. The fourth-order valence-electron chi connectivity index (χ4n) is 1.87. The van der Waals surface area contributed by atoms with Crippen molar-refractivity contribution in [1.82, 2.24) is 5.48 Å². The van der Waals surface area contributed by atoms with Gasteiger partial charge in [-0.2, -0.15) is 0 Å². The number of benzene rings is 2. The van der Waals surface area contributed by atoms with E-state index in [0.717, 1.165) is 17.2 Å². The van der Waals surface area contributed by atoms with E-state index in [1.54, 1.807) is 23.7 Å². The molecule has 7 heteroatoms. The Balaban J connectivity index is 0.000000444. The van der Waals surface area contributed by atoms with Crippen molar-refractivity contribution in [3.05, 3.63) is 64.5 Å². The summed E-state index contributed by atoms with van der Waals surface area (Å²) in [5.41, 5.74) is 10.5. The van der Waals surface area contributed by atoms with E-state index in [9.17, 15) is 4.79 Å². The molecule has 0 bridgehead atoms. The number of nitrogens with one attached hydrogen (secondary N) is 1. The van der Waals surface area contributed by atoms with Crippen LogP contribution in [0.4, 0.5) is 5.69 Å². The highest BCUT2D eigenvalue weighted by Crippen LogP contribution is 2.27. The van der Waals surface area contributed by atoms with Crippen LogP contribution >= 0.6 is 11.3 Å². The molecule has 1 heterocycles. The van der Waals surface area contributed by atoms with Gasteiger partial charge in [-0.3, -0.25) is 10.0 Å². The maximum absolute atomic E-state index is 11.1. The molecule has 0 aliphatic heterocycles. The Morgan fingerprint density at radius 3 is 1.96 bits per heavy atom. The number of nitrogen functional groups attached to an aromatic ring is 1. The largest absolute Gasteiger partial charge is 0.400 e. The van der Waals surface area contributed by atoms with Crippen molar-refractivity contribution in [3.8, 4) is 0 Å². The SMILES string of the molecule is C=O.CO.Cc1ccc(C)cc1.Nc1ccc2sc(C(=O)NO)cc2c1. The highest BCUT2D eigenvalue weighted by molar-refractivity contribution is 7.20. The van der Waals surface area contributed by atoms with Crippen LogP contribution in [0.15, 0.2) is 48.5 Å². The molecule has 1 aromatic heterocycles. The van der Waals surface area contributed by atoms with Gasteiger partial charge in [-0.05, 0) is 43.5 Å². The lowest BCUT2D eigenvalue weighted by atomic mass is 10.2. The lowest BCUT2D eigenvalue weighted by molar-refractivity contribution is -0.0980. The number of fused-ring (bicyclic) bond motifs is 1. The van der Waals surface area contributed by atoms with Crippen molar-refractivity contribution in [3.63, 3.8) is 0 Å². The number of hydrogen-bond acceptors (Lipinski definition) is 6. The van der Waals surface area contributed by atoms with Gasteiger partial charge in [0.15, 0.2) is 0 Å². The first kappa shape index (κ1) is 23.3. The minimum atomic E-state index is -0.496. The molecule has 0 aliphatic carbocycles. The second-order valence-corrected chi connectivity index (χ2v) is 6.09. The van der Waals surface area contributed by atoms with E-state index in [0.29, 0.717) is 10.6 Å². The normalized spacial score (nSPS) is 8.81. The summed E-state index contributed by atoms with van der Waals surface area (Å²) in [4.78, 5) is 19.6. The van der Waals surface area contributed by atoms with Crippen molar-refractivity contribution < 1.29 is 19.9 Å². The quantitative estimate of drug-likeness (QED) is 0.296. The molecule has 0 fully saturated rings. The lowest BCUT2D eigenvalue weighted by Gasteiger charge is -1.90. The summed E-state index contributed by atoms with van der Waals surface area (Å²) in [6, 6.07) is 15.6. The van der Waals surface area contributed by atoms with Gasteiger partial charge < -0.3 is 15.6 Å². The van der Waals surface area contributed by atoms with E-state index in [2.05, 4.69) is 38.1 Å². The van der Waals surface area contributed by atoms with Gasteiger partial charge in [-0.15, -0.1) is 11.3 Å². The lowest BCUT2D eigenvalue weighted by Crippen LogP contribution is -2.16. The first-order valence-electron chi connectivity index (χ1n) is 7.50. The van der Waals surface area contributed by atoms with E-state index in [-0.39, 0.29) is 0 Å². The number of carbonyl (C=O) groups is 2. The smallest absolute Gasteiger partial charge is 0.284 e. The van der Waals surface area contributed by atoms with Crippen molar-refractivity contribution >= 4 is 39.8 Å². The predicted molar refractivity (Wildman–Crippen MR) is 107 cm³/mol. The number of aryl methyl sites for hydroxylation is 2. The Kier molecular flexibility index (Phi) is 11.3. The fourth-order valence-corrected chi connectivity index (χ4v) is 2.80. The van der Waals surface area contributed by atoms with Gasteiger partial charge in [0.05, 0.1) is 4.88 Å². The molecular formula is C19H24N2O4S. The van der Waals surface area contributed by atoms with Crippen LogP contribution in [0.2, 0.25) is 0 Å². The number of anilines is 1. The second kappa shape index (κ2) is 12.6. The van der Waals surface area contributed by atoms with Crippen molar-refractivity contribution in [2.24, 2.45) is 0 Å². The minimum absolute atomic E-state index is 0.466. The van der Waals surface area contributed by atoms with Crippen LogP contribution in [0.3, 0.4) is 0 Å². The van der Waals surface area contributed by atoms with E-state index < -0.39 is 5.91 Å². The third-order valence-electron chi connectivity index (χ3n) is 3.08. The molecule has 5 N–H and O–H groups in total. The molecule has 0 radical (unpaired) electrons. The summed E-state index contributed by atoms with van der Waals surface area (Å²) >= 11 is 1.31. The van der Waals surface area contributed by atoms with Gasteiger partial charge in [0.25, 0.3) is 5.91 Å². The highest BCUT2D eigenvalue weighted by atomic mass is 32.1. The zero-order chi connectivity index (χ0) is 20.1. The molecule has 26 heavy (non-hydrogen) atoms.